The van der Waals surface area contributed by atoms with E-state index in [0.29, 0.717) is 6.54 Å². The fraction of sp³-hybridized carbons (Fsp3) is 0.278. The molecule has 0 spiro atoms. The number of aliphatic hydroxyl groups excluding tert-OH is 1. The molecule has 3 aromatic rings. The van der Waals surface area contributed by atoms with Gasteiger partial charge in [-0.25, -0.2) is 0 Å². The molecule has 114 valence electrons. The predicted molar refractivity (Wildman–Crippen MR) is 88.7 cm³/mol. The highest BCUT2D eigenvalue weighted by Gasteiger charge is 2.08. The van der Waals surface area contributed by atoms with Crippen molar-refractivity contribution < 1.29 is 5.11 Å². The van der Waals surface area contributed by atoms with E-state index >= 15 is 0 Å². The largest absolute Gasteiger partial charge is 0.387 e. The maximum absolute atomic E-state index is 10.3. The van der Waals surface area contributed by atoms with Gasteiger partial charge in [0, 0.05) is 18.5 Å². The number of nitrogens with zero attached hydrogens (tertiary/aromatic N) is 1. The van der Waals surface area contributed by atoms with Crippen LogP contribution in [0.2, 0.25) is 0 Å². The van der Waals surface area contributed by atoms with E-state index in [1.165, 1.54) is 16.7 Å². The highest BCUT2D eigenvalue weighted by Crippen LogP contribution is 2.17. The molecule has 0 aliphatic rings. The summed E-state index contributed by atoms with van der Waals surface area (Å²) in [5.41, 5.74) is 5.53. The molecule has 0 saturated heterocycles. The van der Waals surface area contributed by atoms with Crippen LogP contribution in [0.3, 0.4) is 0 Å². The number of aliphatic hydroxyl groups is 1. The Hall–Kier alpha value is -2.17. The second-order valence-electron chi connectivity index (χ2n) is 5.86. The maximum atomic E-state index is 10.3. The first-order chi connectivity index (χ1) is 10.6. The molecule has 3 N–H and O–H groups in total. The number of hydrogen-bond donors (Lipinski definition) is 3. The normalized spacial score (nSPS) is 12.7. The van der Waals surface area contributed by atoms with Gasteiger partial charge in [0.25, 0.3) is 0 Å². The van der Waals surface area contributed by atoms with Gasteiger partial charge >= 0.3 is 0 Å². The van der Waals surface area contributed by atoms with Crippen LogP contribution in [0.15, 0.2) is 42.6 Å². The van der Waals surface area contributed by atoms with E-state index in [1.807, 2.05) is 18.3 Å². The number of hydrogen-bond acceptors (Lipinski definition) is 3. The molecule has 0 saturated carbocycles. The van der Waals surface area contributed by atoms with Crippen LogP contribution in [0.5, 0.6) is 0 Å². The summed E-state index contributed by atoms with van der Waals surface area (Å²) in [5.74, 6) is 0. The first-order valence-corrected chi connectivity index (χ1v) is 7.51. The van der Waals surface area contributed by atoms with Gasteiger partial charge in [0.15, 0.2) is 0 Å². The molecule has 0 amide bonds. The summed E-state index contributed by atoms with van der Waals surface area (Å²) in [4.78, 5) is 0. The first-order valence-electron chi connectivity index (χ1n) is 7.51. The van der Waals surface area contributed by atoms with Gasteiger partial charge < -0.3 is 10.4 Å². The third-order valence-corrected chi connectivity index (χ3v) is 3.80. The summed E-state index contributed by atoms with van der Waals surface area (Å²) in [6.45, 7) is 5.35. The van der Waals surface area contributed by atoms with Gasteiger partial charge in [0.05, 0.1) is 17.8 Å². The van der Waals surface area contributed by atoms with Gasteiger partial charge in [-0.05, 0) is 31.0 Å². The van der Waals surface area contributed by atoms with Crippen molar-refractivity contribution >= 4 is 10.9 Å². The fourth-order valence-electron chi connectivity index (χ4n) is 2.77. The molecule has 0 bridgehead atoms. The standard InChI is InChI=1S/C18H21N3O/c1-12-5-13(2)7-16(6-12)18(22)11-19-9-14-3-4-15-10-20-21-17(15)8-14/h3-8,10,18-19,22H,9,11H2,1-2H3,(H,20,21)/t18-/m1/s1. The number of nitrogens with one attached hydrogen (secondary N) is 2. The Balaban J connectivity index is 1.59. The van der Waals surface area contributed by atoms with Crippen molar-refractivity contribution in [2.45, 2.75) is 26.5 Å². The average molecular weight is 295 g/mol. The second kappa shape index (κ2) is 6.30. The molecule has 2 aromatic carbocycles. The Bertz CT molecular complexity index is 759. The highest BCUT2D eigenvalue weighted by atomic mass is 16.3. The Labute approximate surface area is 130 Å². The number of benzene rings is 2. The molecule has 1 aromatic heterocycles. The van der Waals surface area contributed by atoms with Crippen LogP contribution in [0.4, 0.5) is 0 Å². The number of fused-ring (bicyclic) bond motifs is 1. The van der Waals surface area contributed by atoms with Crippen molar-refractivity contribution in [3.8, 4) is 0 Å². The lowest BCUT2D eigenvalue weighted by molar-refractivity contribution is 0.174. The van der Waals surface area contributed by atoms with Crippen molar-refractivity contribution in [1.29, 1.82) is 0 Å². The van der Waals surface area contributed by atoms with E-state index in [4.69, 9.17) is 0 Å². The SMILES string of the molecule is Cc1cc(C)cc([C@H](O)CNCc2ccc3cn[nH]c3c2)c1. The van der Waals surface area contributed by atoms with Gasteiger partial charge in [0.2, 0.25) is 0 Å². The Kier molecular flexibility index (Phi) is 4.22. The summed E-state index contributed by atoms with van der Waals surface area (Å²) in [6.07, 6.45) is 1.32. The molecule has 4 heteroatoms. The molecule has 0 radical (unpaired) electrons. The van der Waals surface area contributed by atoms with Crippen LogP contribution < -0.4 is 5.32 Å². The van der Waals surface area contributed by atoms with Crippen molar-refractivity contribution in [2.75, 3.05) is 6.54 Å². The molecule has 1 heterocycles. The first kappa shape index (κ1) is 14.8. The highest BCUT2D eigenvalue weighted by molar-refractivity contribution is 5.78. The number of rotatable bonds is 5. The summed E-state index contributed by atoms with van der Waals surface area (Å²) in [7, 11) is 0. The lowest BCUT2D eigenvalue weighted by Crippen LogP contribution is -2.21. The van der Waals surface area contributed by atoms with Gasteiger partial charge in [-0.1, -0.05) is 41.5 Å². The molecule has 4 nitrogen and oxygen atoms in total. The van der Waals surface area contributed by atoms with E-state index in [9.17, 15) is 5.11 Å². The predicted octanol–water partition coefficient (Wildman–Crippen LogP) is 3.00. The minimum Gasteiger partial charge on any atom is -0.387 e. The number of H-pyrrole nitrogens is 1. The summed E-state index contributed by atoms with van der Waals surface area (Å²) in [5, 5.41) is 21.7. The Morgan fingerprint density at radius 2 is 1.91 bits per heavy atom. The van der Waals surface area contributed by atoms with Crippen molar-refractivity contribution in [1.82, 2.24) is 15.5 Å². The monoisotopic (exact) mass is 295 g/mol. The van der Waals surface area contributed by atoms with Crippen molar-refractivity contribution in [3.05, 3.63) is 64.8 Å². The Morgan fingerprint density at radius 1 is 1.14 bits per heavy atom. The van der Waals surface area contributed by atoms with Crippen LogP contribution in [-0.4, -0.2) is 21.8 Å². The minimum atomic E-state index is -0.491. The van der Waals surface area contributed by atoms with Gasteiger partial charge in [-0.15, -0.1) is 0 Å². The van der Waals surface area contributed by atoms with Crippen molar-refractivity contribution in [3.63, 3.8) is 0 Å². The molecule has 0 aliphatic heterocycles. The van der Waals surface area contributed by atoms with E-state index in [0.717, 1.165) is 23.0 Å². The molecule has 0 fully saturated rings. The summed E-state index contributed by atoms with van der Waals surface area (Å²) >= 11 is 0. The number of aromatic amines is 1. The van der Waals surface area contributed by atoms with Crippen molar-refractivity contribution in [2.24, 2.45) is 0 Å². The zero-order valence-corrected chi connectivity index (χ0v) is 12.9. The van der Waals surface area contributed by atoms with Gasteiger partial charge in [-0.2, -0.15) is 5.10 Å². The Morgan fingerprint density at radius 3 is 2.68 bits per heavy atom. The molecular formula is C18H21N3O. The quantitative estimate of drug-likeness (QED) is 0.678. The third-order valence-electron chi connectivity index (χ3n) is 3.80. The van der Waals surface area contributed by atoms with Crippen LogP contribution in [0, 0.1) is 13.8 Å². The van der Waals surface area contributed by atoms with Crippen LogP contribution in [-0.2, 0) is 6.54 Å². The minimum absolute atomic E-state index is 0.491. The molecule has 0 unspecified atom stereocenters. The summed E-state index contributed by atoms with van der Waals surface area (Å²) < 4.78 is 0. The van der Waals surface area contributed by atoms with Crippen LogP contribution >= 0.6 is 0 Å². The van der Waals surface area contributed by atoms with E-state index in [-0.39, 0.29) is 0 Å². The van der Waals surface area contributed by atoms with Gasteiger partial charge in [0.1, 0.15) is 0 Å². The molecule has 3 rings (SSSR count). The lowest BCUT2D eigenvalue weighted by atomic mass is 10.0. The number of aromatic nitrogens is 2. The van der Waals surface area contributed by atoms with E-state index < -0.39 is 6.10 Å². The maximum Gasteiger partial charge on any atom is 0.0914 e. The molecule has 1 atom stereocenters. The zero-order valence-electron chi connectivity index (χ0n) is 12.9. The smallest absolute Gasteiger partial charge is 0.0914 e. The third kappa shape index (κ3) is 3.35. The number of aryl methyl sites for hydroxylation is 2. The summed E-state index contributed by atoms with van der Waals surface area (Å²) in [6, 6.07) is 12.4. The van der Waals surface area contributed by atoms with Gasteiger partial charge in [-0.3, -0.25) is 5.10 Å². The average Bonchev–Trinajstić information content (AvgIpc) is 2.93. The molecule has 0 aliphatic carbocycles. The second-order valence-corrected chi connectivity index (χ2v) is 5.86. The van der Waals surface area contributed by atoms with E-state index in [2.05, 4.69) is 53.6 Å². The lowest BCUT2D eigenvalue weighted by Gasteiger charge is -2.14. The fourth-order valence-corrected chi connectivity index (χ4v) is 2.77. The van der Waals surface area contributed by atoms with E-state index in [1.54, 1.807) is 0 Å². The zero-order chi connectivity index (χ0) is 15.5. The van der Waals surface area contributed by atoms with Crippen LogP contribution in [0.1, 0.15) is 28.4 Å². The topological polar surface area (TPSA) is 60.9 Å². The molecule has 22 heavy (non-hydrogen) atoms. The molecular weight excluding hydrogens is 274 g/mol. The van der Waals surface area contributed by atoms with Crippen LogP contribution in [0.25, 0.3) is 10.9 Å².